The minimum absolute atomic E-state index is 0.0338. The van der Waals surface area contributed by atoms with Gasteiger partial charge in [-0.1, -0.05) is 23.3 Å². The van der Waals surface area contributed by atoms with Crippen molar-refractivity contribution in [2.45, 2.75) is 39.2 Å². The first-order chi connectivity index (χ1) is 26.2. The summed E-state index contributed by atoms with van der Waals surface area (Å²) in [6.45, 7) is 3.32. The van der Waals surface area contributed by atoms with Crippen molar-refractivity contribution in [2.24, 2.45) is 36.1 Å². The fourth-order valence-electron chi connectivity index (χ4n) is 9.48. The van der Waals surface area contributed by atoms with Crippen LogP contribution in [0, 0.1) is 36.0 Å². The summed E-state index contributed by atoms with van der Waals surface area (Å²) in [6.07, 6.45) is 2.13. The zero-order valence-electron chi connectivity index (χ0n) is 29.6. The summed E-state index contributed by atoms with van der Waals surface area (Å²) in [5.74, 6) is -7.15. The molecule has 0 bridgehead atoms. The number of carboxylic acid groups (broad SMARTS) is 1. The maximum absolute atomic E-state index is 15.0. The van der Waals surface area contributed by atoms with Crippen LogP contribution in [0.4, 0.5) is 11.5 Å². The normalized spacial score (nSPS) is 26.1. The topological polar surface area (TPSA) is 183 Å². The highest BCUT2D eigenvalue weighted by Crippen LogP contribution is 2.64. The number of aromatic nitrogens is 2. The number of aryl methyl sites for hydroxylation is 2. The summed E-state index contributed by atoms with van der Waals surface area (Å²) < 4.78 is 8.64. The fraction of sp³-hybridized carbons (Fsp3) is 0.300. The van der Waals surface area contributed by atoms with Crippen LogP contribution in [0.25, 0.3) is 20.7 Å². The molecule has 2 aliphatic heterocycles. The first-order valence-electron chi connectivity index (χ1n) is 17.7. The van der Waals surface area contributed by atoms with Gasteiger partial charge in [-0.3, -0.25) is 23.9 Å². The zero-order chi connectivity index (χ0) is 38.8. The van der Waals surface area contributed by atoms with Gasteiger partial charge in [-0.15, -0.1) is 11.3 Å². The van der Waals surface area contributed by atoms with Gasteiger partial charge in [0.2, 0.25) is 23.6 Å². The molecule has 3 N–H and O–H groups in total. The third-order valence-electron chi connectivity index (χ3n) is 12.1. The molecule has 13 nitrogen and oxygen atoms in total. The number of carboxylic acids is 1. The first-order valence-corrected chi connectivity index (χ1v) is 18.9. The van der Waals surface area contributed by atoms with Crippen LogP contribution in [0.5, 0.6) is 5.75 Å². The number of aromatic carboxylic acids is 1. The van der Waals surface area contributed by atoms with Crippen LogP contribution in [0.3, 0.4) is 0 Å². The molecule has 1 saturated carbocycles. The number of thiophene rings is 1. The van der Waals surface area contributed by atoms with Gasteiger partial charge in [-0.2, -0.15) is 5.10 Å². The minimum Gasteiger partial charge on any atom is -0.507 e. The quantitative estimate of drug-likeness (QED) is 0.133. The first kappa shape index (κ1) is 35.2. The second-order valence-electron chi connectivity index (χ2n) is 14.9. The average Bonchev–Trinajstić information content (AvgIpc) is 3.94. The number of furan rings is 1. The summed E-state index contributed by atoms with van der Waals surface area (Å²) >= 11 is 7.82. The molecule has 6 atom stereocenters. The van der Waals surface area contributed by atoms with E-state index in [1.165, 1.54) is 27.0 Å². The summed E-state index contributed by atoms with van der Waals surface area (Å²) in [6, 6.07) is 14.2. The number of imide groups is 2. The van der Waals surface area contributed by atoms with E-state index in [4.69, 9.17) is 21.1 Å². The van der Waals surface area contributed by atoms with Crippen molar-refractivity contribution in [2.75, 3.05) is 9.80 Å². The van der Waals surface area contributed by atoms with Crippen molar-refractivity contribution < 1.29 is 43.7 Å². The minimum atomic E-state index is -1.38. The van der Waals surface area contributed by atoms with E-state index < -0.39 is 77.0 Å². The number of hydrogen-bond acceptors (Lipinski definition) is 10. The van der Waals surface area contributed by atoms with Crippen molar-refractivity contribution in [3.8, 4) is 16.3 Å². The van der Waals surface area contributed by atoms with Crippen molar-refractivity contribution in [3.05, 3.63) is 93.9 Å². The Bertz CT molecular complexity index is 2590. The number of anilines is 2. The van der Waals surface area contributed by atoms with Crippen LogP contribution in [-0.4, -0.2) is 54.7 Å². The van der Waals surface area contributed by atoms with E-state index in [9.17, 15) is 39.3 Å². The Kier molecular flexibility index (Phi) is 7.81. The van der Waals surface area contributed by atoms with E-state index in [2.05, 4.69) is 0 Å². The molecular formula is C40H33ClN4O9S. The van der Waals surface area contributed by atoms with Crippen LogP contribution in [0.15, 0.2) is 70.7 Å². The number of aliphatic hydroxyl groups excluding tert-OH is 1. The number of allylic oxidation sites excluding steroid dienone is 2. The molecule has 6 unspecified atom stereocenters. The molecule has 2 aromatic carbocycles. The number of rotatable bonds is 6. The number of aliphatic hydroxyl groups is 1. The third-order valence-corrected chi connectivity index (χ3v) is 13.6. The number of hydrogen-bond donors (Lipinski definition) is 3. The predicted octanol–water partition coefficient (Wildman–Crippen LogP) is 6.19. The van der Waals surface area contributed by atoms with Crippen LogP contribution < -0.4 is 9.80 Å². The third kappa shape index (κ3) is 4.87. The lowest BCUT2D eigenvalue weighted by Gasteiger charge is -2.48. The van der Waals surface area contributed by atoms with E-state index in [1.54, 1.807) is 32.2 Å². The summed E-state index contributed by atoms with van der Waals surface area (Å²) in [5.41, 5.74) is 0.520. The number of phenols is 1. The molecule has 3 fully saturated rings. The fourth-order valence-corrected chi connectivity index (χ4v) is 10.8. The largest absolute Gasteiger partial charge is 0.507 e. The highest BCUT2D eigenvalue weighted by atomic mass is 35.5. The van der Waals surface area contributed by atoms with Crippen LogP contribution in [-0.2, 0) is 32.8 Å². The Labute approximate surface area is 322 Å². The van der Waals surface area contributed by atoms with Gasteiger partial charge in [0.25, 0.3) is 0 Å². The Hall–Kier alpha value is -5.57. The van der Waals surface area contributed by atoms with Crippen LogP contribution >= 0.6 is 22.9 Å². The van der Waals surface area contributed by atoms with E-state index in [1.807, 2.05) is 31.2 Å². The molecule has 3 aromatic heterocycles. The molecule has 0 radical (unpaired) electrons. The molecule has 15 heteroatoms. The molecule has 55 heavy (non-hydrogen) atoms. The van der Waals surface area contributed by atoms with Gasteiger partial charge in [-0.05, 0) is 86.0 Å². The van der Waals surface area contributed by atoms with Gasteiger partial charge in [0.05, 0.1) is 39.7 Å². The lowest BCUT2D eigenvalue weighted by Crippen LogP contribution is -2.48. The standard InChI is InChI=1S/C40H33ClN4O9S/c1-17-24-12-18(41)4-11-30(24)55-34(17)27-15-31(43(3)42-27)45-36(49)26-14-25-21(33(40(26,2)39(45)53)29-10-6-20(16-46)54-29)8-9-23-32(25)37(50)44(35(23)48)19-5-7-22(38(51)52)28(47)13-19/h4-8,10-13,15,23,25-26,32-33,46-47H,9,14,16H2,1-3H3,(H,51,52). The van der Waals surface area contributed by atoms with E-state index >= 15 is 0 Å². The van der Waals surface area contributed by atoms with Gasteiger partial charge in [0, 0.05) is 28.9 Å². The molecule has 2 saturated heterocycles. The van der Waals surface area contributed by atoms with Crippen molar-refractivity contribution in [1.29, 1.82) is 0 Å². The second-order valence-corrected chi connectivity index (χ2v) is 16.3. The highest BCUT2D eigenvalue weighted by Gasteiger charge is 2.68. The maximum atomic E-state index is 15.0. The Balaban J connectivity index is 1.13. The number of amides is 4. The molecule has 2 aliphatic carbocycles. The zero-order valence-corrected chi connectivity index (χ0v) is 31.2. The number of fused-ring (bicyclic) bond motifs is 5. The molecule has 5 heterocycles. The number of nitrogens with zero attached hydrogens (tertiary/aromatic N) is 4. The average molecular weight is 781 g/mol. The number of carbonyl (C=O) groups excluding carboxylic acids is 4. The molecule has 0 spiro atoms. The lowest BCUT2D eigenvalue weighted by molar-refractivity contribution is -0.131. The number of halogens is 1. The number of carbonyl (C=O) groups is 5. The van der Waals surface area contributed by atoms with Crippen molar-refractivity contribution >= 4 is 74.1 Å². The molecule has 280 valence electrons. The number of benzene rings is 2. The monoisotopic (exact) mass is 780 g/mol. The summed E-state index contributed by atoms with van der Waals surface area (Å²) in [7, 11) is 1.67. The van der Waals surface area contributed by atoms with Gasteiger partial charge in [-0.25, -0.2) is 14.6 Å². The van der Waals surface area contributed by atoms with Crippen LogP contribution in [0.1, 0.15) is 53.1 Å². The van der Waals surface area contributed by atoms with E-state index in [0.29, 0.717) is 22.0 Å². The SMILES string of the molecule is Cc1c(-c2cc(N3C(=O)C4CC5C(=CCC6C(=O)N(c7ccc(C(=O)O)c(O)c7)C(=O)C65)C(c5ccc(CO)o5)C4(C)C3=O)n(C)n2)sc2ccc(Cl)cc12. The van der Waals surface area contributed by atoms with Gasteiger partial charge < -0.3 is 19.7 Å². The highest BCUT2D eigenvalue weighted by molar-refractivity contribution is 7.22. The molecule has 5 aromatic rings. The number of aromatic hydroxyl groups is 1. The second kappa shape index (κ2) is 12.2. The summed E-state index contributed by atoms with van der Waals surface area (Å²) in [5, 5.41) is 36.1. The van der Waals surface area contributed by atoms with Gasteiger partial charge in [0.15, 0.2) is 0 Å². The molecule has 4 amide bonds. The Morgan fingerprint density at radius 3 is 2.51 bits per heavy atom. The Morgan fingerprint density at radius 2 is 1.80 bits per heavy atom. The Morgan fingerprint density at radius 1 is 1.02 bits per heavy atom. The van der Waals surface area contributed by atoms with E-state index in [0.717, 1.165) is 37.6 Å². The molecule has 4 aliphatic rings. The van der Waals surface area contributed by atoms with Crippen LogP contribution in [0.2, 0.25) is 5.02 Å². The van der Waals surface area contributed by atoms with Crippen molar-refractivity contribution in [3.63, 3.8) is 0 Å². The lowest BCUT2D eigenvalue weighted by atomic mass is 9.52. The molecule has 9 rings (SSSR count). The van der Waals surface area contributed by atoms with Gasteiger partial charge in [0.1, 0.15) is 41.0 Å². The van der Waals surface area contributed by atoms with Gasteiger partial charge >= 0.3 is 5.97 Å². The molecular weight excluding hydrogens is 748 g/mol. The van der Waals surface area contributed by atoms with Crippen molar-refractivity contribution in [1.82, 2.24) is 9.78 Å². The van der Waals surface area contributed by atoms with E-state index in [-0.39, 0.29) is 35.7 Å². The summed E-state index contributed by atoms with van der Waals surface area (Å²) in [4.78, 5) is 72.6. The smallest absolute Gasteiger partial charge is 0.339 e. The predicted molar refractivity (Wildman–Crippen MR) is 201 cm³/mol. The maximum Gasteiger partial charge on any atom is 0.339 e.